The molecule has 2 fully saturated rings. The van der Waals surface area contributed by atoms with Crippen LogP contribution in [0.1, 0.15) is 19.5 Å². The minimum absolute atomic E-state index is 0.0847. The lowest BCUT2D eigenvalue weighted by molar-refractivity contribution is -0.689. The highest BCUT2D eigenvalue weighted by Crippen LogP contribution is 2.40. The van der Waals surface area contributed by atoms with Crippen molar-refractivity contribution in [3.8, 4) is 0 Å². The molecule has 0 spiro atoms. The highest BCUT2D eigenvalue weighted by atomic mass is 32.2. The number of aliphatic hydroxyl groups excluding tert-OH is 3. The lowest BCUT2D eigenvalue weighted by Crippen LogP contribution is -2.71. The number of fused-ring (bicyclic) bond motifs is 1. The number of amides is 2. The number of carbonyl (C=O) groups excluding carboxylic acids is 2. The number of aliphatic hydroxyl groups is 3. The predicted molar refractivity (Wildman–Crippen MR) is 166 cm³/mol. The molecule has 2 saturated heterocycles. The van der Waals surface area contributed by atoms with Crippen LogP contribution >= 0.6 is 23.1 Å². The third-order valence-electron chi connectivity index (χ3n) is 7.65. The Labute approximate surface area is 284 Å². The van der Waals surface area contributed by atoms with Gasteiger partial charge in [-0.3, -0.25) is 14.5 Å². The molecule has 3 aliphatic heterocycles. The molecule has 49 heavy (non-hydrogen) atoms. The maximum absolute atomic E-state index is 13.6. The second-order valence-corrected chi connectivity index (χ2v) is 13.4. The van der Waals surface area contributed by atoms with Gasteiger partial charge in [0.25, 0.3) is 11.8 Å². The van der Waals surface area contributed by atoms with E-state index in [1.807, 2.05) is 0 Å². The van der Waals surface area contributed by atoms with Crippen molar-refractivity contribution in [3.63, 3.8) is 0 Å². The van der Waals surface area contributed by atoms with Gasteiger partial charge in [-0.25, -0.2) is 23.9 Å². The smallest absolute Gasteiger partial charge is 0.352 e. The number of carboxylic acid groups (broad SMARTS) is 3. The molecule has 0 radical (unpaired) electrons. The van der Waals surface area contributed by atoms with E-state index in [1.54, 1.807) is 35.2 Å². The minimum atomic E-state index is -1.93. The fourth-order valence-electron chi connectivity index (χ4n) is 4.95. The summed E-state index contributed by atoms with van der Waals surface area (Å²) < 4.78 is 6.95. The summed E-state index contributed by atoms with van der Waals surface area (Å²) in [6, 6.07) is 4.16. The van der Waals surface area contributed by atoms with Gasteiger partial charge in [0.1, 0.15) is 41.1 Å². The van der Waals surface area contributed by atoms with E-state index in [-0.39, 0.29) is 28.8 Å². The molecule has 3 aliphatic rings. The Morgan fingerprint density at radius 2 is 1.80 bits per heavy atom. The molecule has 5 heterocycles. The van der Waals surface area contributed by atoms with Gasteiger partial charge in [-0.05, 0) is 13.8 Å². The van der Waals surface area contributed by atoms with Gasteiger partial charge in [0.05, 0.1) is 0 Å². The molecule has 262 valence electrons. The summed E-state index contributed by atoms with van der Waals surface area (Å²) in [5.41, 5.74) is -2.41. The molecular formula is C28H31N6O13S2+. The minimum Gasteiger partial charge on any atom is -0.479 e. The third-order valence-corrected chi connectivity index (χ3v) is 9.76. The SMILES string of the molecule is CC(C)(O/N=C(\C(=O)N[C@@H]1C(=O)N2C(C(=O)O)=C(C[n+]3ccccc3)CS[C@H]12)c1csc(NC2OC(C(=O)O)C(O)C(O)C2O)n1)C(=O)O. The second-order valence-electron chi connectivity index (χ2n) is 11.5. The number of β-lactam (4-membered cyclic amide) rings is 1. The van der Waals surface area contributed by atoms with Gasteiger partial charge in [-0.2, -0.15) is 0 Å². The van der Waals surface area contributed by atoms with Gasteiger partial charge in [0.2, 0.25) is 5.60 Å². The summed E-state index contributed by atoms with van der Waals surface area (Å²) in [7, 11) is 0. The summed E-state index contributed by atoms with van der Waals surface area (Å²) in [4.78, 5) is 72.7. The Bertz CT molecular complexity index is 1720. The average molecular weight is 724 g/mol. The van der Waals surface area contributed by atoms with E-state index in [1.165, 1.54) is 31.0 Å². The molecule has 0 aromatic carbocycles. The zero-order valence-corrected chi connectivity index (χ0v) is 27.2. The molecular weight excluding hydrogens is 692 g/mol. The molecule has 0 saturated carbocycles. The van der Waals surface area contributed by atoms with Crippen LogP contribution in [0.2, 0.25) is 0 Å². The van der Waals surface area contributed by atoms with Crippen molar-refractivity contribution in [2.75, 3.05) is 11.1 Å². The van der Waals surface area contributed by atoms with Crippen molar-refractivity contribution in [1.82, 2.24) is 15.2 Å². The van der Waals surface area contributed by atoms with Crippen LogP contribution in [0.25, 0.3) is 0 Å². The number of anilines is 1. The van der Waals surface area contributed by atoms with Crippen molar-refractivity contribution in [1.29, 1.82) is 0 Å². The summed E-state index contributed by atoms with van der Waals surface area (Å²) in [5, 5.41) is 68.4. The van der Waals surface area contributed by atoms with Crippen LogP contribution < -0.4 is 15.2 Å². The number of rotatable bonds is 12. The molecule has 2 aromatic rings. The lowest BCUT2D eigenvalue weighted by Gasteiger charge is -2.49. The van der Waals surface area contributed by atoms with E-state index in [0.717, 1.165) is 16.2 Å². The van der Waals surface area contributed by atoms with Crippen LogP contribution in [0.15, 0.2) is 52.4 Å². The van der Waals surface area contributed by atoms with E-state index >= 15 is 0 Å². The quantitative estimate of drug-likeness (QED) is 0.0497. The molecule has 0 aliphatic carbocycles. The number of nitrogens with one attached hydrogen (secondary N) is 2. The van der Waals surface area contributed by atoms with Gasteiger partial charge < -0.3 is 50.8 Å². The standard InChI is InChI=1S/C28H30N6O13S2/c1-28(2,26(44)45)47-32-13(12-10-49-27(29-12)31-21-18(37)16(35)17(36)19(46-21)25(42)43)20(38)30-14-22(39)34-15(24(40)41)11(9-48-23(14)34)8-33-6-4-3-5-7-33/h3-7,10,14,16-19,21,23,35-37H,8-9H2,1-2H3,(H4-,29,30,31,38,40,41,42,43,44,45)/p+1/b32-13-/t14-,16?,17?,18?,19?,21?,23-/m1/s1. The Kier molecular flexibility index (Phi) is 10.2. The van der Waals surface area contributed by atoms with Gasteiger partial charge in [0.15, 0.2) is 42.1 Å². The normalized spacial score (nSPS) is 27.1. The monoisotopic (exact) mass is 723 g/mol. The zero-order valence-electron chi connectivity index (χ0n) is 25.6. The lowest BCUT2D eigenvalue weighted by atomic mass is 9.98. The van der Waals surface area contributed by atoms with E-state index in [2.05, 4.69) is 20.8 Å². The maximum atomic E-state index is 13.6. The average Bonchev–Trinajstić information content (AvgIpc) is 3.51. The molecule has 5 rings (SSSR count). The number of oxime groups is 1. The first-order valence-electron chi connectivity index (χ1n) is 14.4. The number of aromatic nitrogens is 2. The molecule has 8 N–H and O–H groups in total. The maximum Gasteiger partial charge on any atom is 0.352 e. The number of pyridine rings is 1. The molecule has 2 amide bonds. The number of thioether (sulfide) groups is 1. The number of thiazole rings is 1. The summed E-state index contributed by atoms with van der Waals surface area (Å²) >= 11 is 2.05. The first-order valence-corrected chi connectivity index (χ1v) is 16.3. The van der Waals surface area contributed by atoms with Crippen molar-refractivity contribution in [3.05, 3.63) is 52.9 Å². The van der Waals surface area contributed by atoms with E-state index in [9.17, 15) is 54.6 Å². The summed E-state index contributed by atoms with van der Waals surface area (Å²) in [5.74, 6) is -5.83. The zero-order chi connectivity index (χ0) is 35.8. The van der Waals surface area contributed by atoms with Gasteiger partial charge in [-0.15, -0.1) is 23.1 Å². The fourth-order valence-corrected chi connectivity index (χ4v) is 7.01. The number of ether oxygens (including phenoxy) is 1. The highest BCUT2D eigenvalue weighted by molar-refractivity contribution is 8.00. The molecule has 7 atom stereocenters. The van der Waals surface area contributed by atoms with Crippen LogP contribution in [0.3, 0.4) is 0 Å². The first kappa shape index (κ1) is 35.6. The Morgan fingerprint density at radius 1 is 1.10 bits per heavy atom. The number of carboxylic acids is 3. The fraction of sp³-hybridized carbons (Fsp3) is 0.429. The van der Waals surface area contributed by atoms with Crippen LogP contribution in [0.5, 0.6) is 0 Å². The van der Waals surface area contributed by atoms with Crippen molar-refractivity contribution < 1.29 is 68.8 Å². The molecule has 5 unspecified atom stereocenters. The Balaban J connectivity index is 1.36. The summed E-state index contributed by atoms with van der Waals surface area (Å²) in [6.07, 6.45) is -5.59. The predicted octanol–water partition coefficient (Wildman–Crippen LogP) is -2.24. The topological polar surface area (TPSA) is 282 Å². The third kappa shape index (κ3) is 7.21. The highest BCUT2D eigenvalue weighted by Gasteiger charge is 2.55. The number of aliphatic carboxylic acids is 3. The number of hydrogen-bond acceptors (Lipinski definition) is 15. The first-order chi connectivity index (χ1) is 23.1. The molecule has 21 heteroatoms. The molecule has 19 nitrogen and oxygen atoms in total. The number of carbonyl (C=O) groups is 5. The Hall–Kier alpha value is -4.67. The largest absolute Gasteiger partial charge is 0.479 e. The van der Waals surface area contributed by atoms with Crippen LogP contribution in [0, 0.1) is 0 Å². The van der Waals surface area contributed by atoms with Crippen molar-refractivity contribution in [2.24, 2.45) is 5.16 Å². The van der Waals surface area contributed by atoms with E-state index in [0.29, 0.717) is 5.57 Å². The second kappa shape index (κ2) is 14.1. The van der Waals surface area contributed by atoms with Crippen molar-refractivity contribution >= 4 is 63.7 Å². The van der Waals surface area contributed by atoms with Gasteiger partial charge >= 0.3 is 17.9 Å². The van der Waals surface area contributed by atoms with Gasteiger partial charge in [-0.1, -0.05) is 11.2 Å². The number of nitrogens with zero attached hydrogens (tertiary/aromatic N) is 4. The van der Waals surface area contributed by atoms with Crippen LogP contribution in [0.4, 0.5) is 5.13 Å². The van der Waals surface area contributed by atoms with Crippen LogP contribution in [-0.2, 0) is 40.1 Å². The van der Waals surface area contributed by atoms with Crippen molar-refractivity contribution in [2.45, 2.75) is 68.1 Å². The van der Waals surface area contributed by atoms with E-state index < -0.39 is 83.1 Å². The van der Waals surface area contributed by atoms with E-state index in [4.69, 9.17) is 9.57 Å². The molecule has 2 aromatic heterocycles. The number of hydrogen-bond donors (Lipinski definition) is 8. The summed E-state index contributed by atoms with van der Waals surface area (Å²) in [6.45, 7) is 2.55. The van der Waals surface area contributed by atoms with Gasteiger partial charge in [0, 0.05) is 28.8 Å². The van der Waals surface area contributed by atoms with Crippen LogP contribution in [-0.4, -0.2) is 129 Å². The Morgan fingerprint density at radius 3 is 2.43 bits per heavy atom. The molecule has 0 bridgehead atoms.